The molecule has 27 heavy (non-hydrogen) atoms. The van der Waals surface area contributed by atoms with Gasteiger partial charge in [0.15, 0.2) is 11.5 Å². The summed E-state index contributed by atoms with van der Waals surface area (Å²) in [6.07, 6.45) is 1.66. The number of anilines is 2. The van der Waals surface area contributed by atoms with Crippen LogP contribution in [0.3, 0.4) is 0 Å². The molecule has 0 spiro atoms. The summed E-state index contributed by atoms with van der Waals surface area (Å²) in [5.74, 6) is 0.613. The number of hydrogen-bond donors (Lipinski definition) is 2. The molecule has 3 rings (SSSR count). The van der Waals surface area contributed by atoms with Gasteiger partial charge in [0.25, 0.3) is 0 Å². The Labute approximate surface area is 159 Å². The lowest BCUT2D eigenvalue weighted by atomic mass is 10.1. The van der Waals surface area contributed by atoms with Crippen LogP contribution in [0.1, 0.15) is 25.1 Å². The first-order chi connectivity index (χ1) is 13.0. The summed E-state index contributed by atoms with van der Waals surface area (Å²) < 4.78 is 15.6. The van der Waals surface area contributed by atoms with E-state index in [9.17, 15) is 9.59 Å². The Morgan fingerprint density at radius 3 is 2.89 bits per heavy atom. The van der Waals surface area contributed by atoms with Gasteiger partial charge in [-0.15, -0.1) is 11.3 Å². The number of nitrogens with one attached hydrogen (secondary N) is 2. The minimum absolute atomic E-state index is 0.116. The molecule has 0 atom stereocenters. The molecular weight excluding hydrogens is 372 g/mol. The summed E-state index contributed by atoms with van der Waals surface area (Å²) in [7, 11) is 0. The molecule has 1 aliphatic heterocycles. The van der Waals surface area contributed by atoms with Gasteiger partial charge < -0.3 is 19.5 Å². The van der Waals surface area contributed by atoms with Crippen molar-refractivity contribution in [2.45, 2.75) is 20.3 Å². The fourth-order valence-electron chi connectivity index (χ4n) is 2.32. The summed E-state index contributed by atoms with van der Waals surface area (Å²) in [5.41, 5.74) is 4.62. The minimum atomic E-state index is -0.321. The Bertz CT molecular complexity index is 880. The lowest BCUT2D eigenvalue weighted by Gasteiger charge is -2.08. The molecule has 1 amide bonds. The Morgan fingerprint density at radius 1 is 1.37 bits per heavy atom. The Hall–Kier alpha value is -3.14. The van der Waals surface area contributed by atoms with Crippen molar-refractivity contribution in [1.29, 1.82) is 0 Å². The smallest absolute Gasteiger partial charge is 0.311 e. The molecule has 0 fully saturated rings. The van der Waals surface area contributed by atoms with Gasteiger partial charge in [-0.05, 0) is 13.0 Å². The summed E-state index contributed by atoms with van der Waals surface area (Å²) in [4.78, 5) is 27.2. The van der Waals surface area contributed by atoms with Crippen LogP contribution in [0, 0.1) is 0 Å². The zero-order chi connectivity index (χ0) is 19.2. The number of thiazole rings is 1. The number of carbonyl (C=O) groups is 2. The number of aromatic nitrogens is 1. The number of hydrogen-bond acceptors (Lipinski definition) is 9. The lowest BCUT2D eigenvalue weighted by molar-refractivity contribution is -0.142. The zero-order valence-corrected chi connectivity index (χ0v) is 15.6. The quantitative estimate of drug-likeness (QED) is 0.424. The molecule has 0 aliphatic carbocycles. The summed E-state index contributed by atoms with van der Waals surface area (Å²) >= 11 is 1.32. The standard InChI is InChI=1S/C17H18N4O5S/c1-3-24-16(23)5-12-8-27-17(20-12)21-18-7-11-4-14-15(26-9-25-14)6-13(11)19-10(2)22/h4,6-8H,3,5,9H2,1-2H3,(H,19,22)(H,20,21). The van der Waals surface area contributed by atoms with E-state index in [1.165, 1.54) is 18.3 Å². The number of rotatable bonds is 7. The second-order valence-corrected chi connectivity index (χ2v) is 6.33. The van der Waals surface area contributed by atoms with Crippen LogP contribution in [0.2, 0.25) is 0 Å². The molecule has 0 unspecified atom stereocenters. The molecule has 1 aliphatic rings. The molecule has 0 bridgehead atoms. The molecule has 142 valence electrons. The number of hydrazone groups is 1. The number of nitrogens with zero attached hydrogens (tertiary/aromatic N) is 2. The number of carbonyl (C=O) groups excluding carboxylic acids is 2. The van der Waals surface area contributed by atoms with Crippen molar-refractivity contribution in [3.05, 3.63) is 28.8 Å². The van der Waals surface area contributed by atoms with Gasteiger partial charge in [0.05, 0.1) is 30.6 Å². The van der Waals surface area contributed by atoms with Crippen LogP contribution < -0.4 is 20.2 Å². The van der Waals surface area contributed by atoms with Crippen molar-refractivity contribution < 1.29 is 23.8 Å². The van der Waals surface area contributed by atoms with E-state index in [1.54, 1.807) is 30.7 Å². The monoisotopic (exact) mass is 390 g/mol. The normalized spacial score (nSPS) is 12.2. The molecule has 1 aromatic heterocycles. The van der Waals surface area contributed by atoms with Gasteiger partial charge in [-0.2, -0.15) is 5.10 Å². The number of fused-ring (bicyclic) bond motifs is 1. The zero-order valence-electron chi connectivity index (χ0n) is 14.8. The van der Waals surface area contributed by atoms with Crippen LogP contribution in [0.5, 0.6) is 11.5 Å². The lowest BCUT2D eigenvalue weighted by Crippen LogP contribution is -2.08. The van der Waals surface area contributed by atoms with Crippen LogP contribution >= 0.6 is 11.3 Å². The maximum atomic E-state index is 11.5. The van der Waals surface area contributed by atoms with Crippen molar-refractivity contribution in [3.63, 3.8) is 0 Å². The van der Waals surface area contributed by atoms with Gasteiger partial charge in [-0.1, -0.05) is 0 Å². The maximum Gasteiger partial charge on any atom is 0.311 e. The third-order valence-corrected chi connectivity index (χ3v) is 4.20. The number of ether oxygens (including phenoxy) is 3. The van der Waals surface area contributed by atoms with Gasteiger partial charge in [0, 0.05) is 23.9 Å². The second-order valence-electron chi connectivity index (χ2n) is 5.47. The topological polar surface area (TPSA) is 111 Å². The fraction of sp³-hybridized carbons (Fsp3) is 0.294. The maximum absolute atomic E-state index is 11.5. The average Bonchev–Trinajstić information content (AvgIpc) is 3.23. The largest absolute Gasteiger partial charge is 0.466 e. The van der Waals surface area contributed by atoms with Crippen molar-refractivity contribution >= 4 is 40.2 Å². The van der Waals surface area contributed by atoms with Gasteiger partial charge >= 0.3 is 5.97 Å². The van der Waals surface area contributed by atoms with Gasteiger partial charge in [0.1, 0.15) is 0 Å². The molecule has 0 radical (unpaired) electrons. The van der Waals surface area contributed by atoms with Crippen LogP contribution in [0.25, 0.3) is 0 Å². The highest BCUT2D eigenvalue weighted by Crippen LogP contribution is 2.36. The van der Waals surface area contributed by atoms with E-state index in [0.717, 1.165) is 0 Å². The predicted octanol–water partition coefficient (Wildman–Crippen LogP) is 2.38. The Kier molecular flexibility index (Phi) is 5.87. The van der Waals surface area contributed by atoms with Crippen LogP contribution in [-0.4, -0.2) is 36.5 Å². The molecule has 9 nitrogen and oxygen atoms in total. The molecule has 2 N–H and O–H groups in total. The molecule has 1 aromatic carbocycles. The minimum Gasteiger partial charge on any atom is -0.466 e. The van der Waals surface area contributed by atoms with Crippen molar-refractivity contribution in [1.82, 2.24) is 4.98 Å². The van der Waals surface area contributed by atoms with E-state index in [2.05, 4.69) is 20.8 Å². The summed E-state index contributed by atoms with van der Waals surface area (Å²) in [5, 5.41) is 9.17. The van der Waals surface area contributed by atoms with Crippen LogP contribution in [0.4, 0.5) is 10.8 Å². The first-order valence-corrected chi connectivity index (χ1v) is 9.03. The summed E-state index contributed by atoms with van der Waals surface area (Å²) in [6, 6.07) is 3.42. The van der Waals surface area contributed by atoms with Gasteiger partial charge in [-0.3, -0.25) is 15.0 Å². The van der Waals surface area contributed by atoms with Crippen LogP contribution in [-0.2, 0) is 20.7 Å². The van der Waals surface area contributed by atoms with Crippen molar-refractivity contribution in [3.8, 4) is 11.5 Å². The third kappa shape index (κ3) is 4.94. The number of benzene rings is 1. The molecule has 0 saturated heterocycles. The average molecular weight is 390 g/mol. The molecular formula is C17H18N4O5S. The first kappa shape index (κ1) is 18.6. The van der Waals surface area contributed by atoms with Crippen molar-refractivity contribution in [2.24, 2.45) is 5.10 Å². The molecule has 10 heteroatoms. The summed E-state index contributed by atoms with van der Waals surface area (Å²) in [6.45, 7) is 3.65. The van der Waals surface area contributed by atoms with E-state index < -0.39 is 0 Å². The van der Waals surface area contributed by atoms with E-state index in [1.807, 2.05) is 0 Å². The molecule has 2 heterocycles. The van der Waals surface area contributed by atoms with E-state index in [4.69, 9.17) is 14.2 Å². The highest BCUT2D eigenvalue weighted by atomic mass is 32.1. The number of esters is 1. The third-order valence-electron chi connectivity index (χ3n) is 3.40. The molecule has 2 aromatic rings. The van der Waals surface area contributed by atoms with Crippen LogP contribution in [0.15, 0.2) is 22.6 Å². The van der Waals surface area contributed by atoms with Gasteiger partial charge in [-0.25, -0.2) is 4.98 Å². The van der Waals surface area contributed by atoms with E-state index >= 15 is 0 Å². The van der Waals surface area contributed by atoms with E-state index in [-0.39, 0.29) is 25.1 Å². The van der Waals surface area contributed by atoms with E-state index in [0.29, 0.717) is 40.2 Å². The van der Waals surface area contributed by atoms with Crippen molar-refractivity contribution in [2.75, 3.05) is 24.1 Å². The Balaban J connectivity index is 1.68. The highest BCUT2D eigenvalue weighted by molar-refractivity contribution is 7.13. The first-order valence-electron chi connectivity index (χ1n) is 8.15. The predicted molar refractivity (Wildman–Crippen MR) is 101 cm³/mol. The second kappa shape index (κ2) is 8.49. The number of amides is 1. The van der Waals surface area contributed by atoms with Gasteiger partial charge in [0.2, 0.25) is 17.8 Å². The highest BCUT2D eigenvalue weighted by Gasteiger charge is 2.17. The Morgan fingerprint density at radius 2 is 2.15 bits per heavy atom. The SMILES string of the molecule is CCOC(=O)Cc1csc(NN=Cc2cc3c(cc2NC(C)=O)OCO3)n1. The fourth-order valence-corrected chi connectivity index (χ4v) is 2.98. The molecule has 0 saturated carbocycles.